The molecule has 0 saturated carbocycles. The van der Waals surface area contributed by atoms with E-state index in [1.54, 1.807) is 0 Å². The Bertz CT molecular complexity index is 1040. The summed E-state index contributed by atoms with van der Waals surface area (Å²) in [7, 11) is 0. The lowest BCUT2D eigenvalue weighted by atomic mass is 10.1. The van der Waals surface area contributed by atoms with Gasteiger partial charge in [0.15, 0.2) is 5.65 Å². The van der Waals surface area contributed by atoms with Crippen molar-refractivity contribution in [2.45, 2.75) is 0 Å². The van der Waals surface area contributed by atoms with Gasteiger partial charge >= 0.3 is 0 Å². The number of rotatable bonds is 2. The Kier molecular flexibility index (Phi) is 3.56. The predicted octanol–water partition coefficient (Wildman–Crippen LogP) is 3.50. The summed E-state index contributed by atoms with van der Waals surface area (Å²) < 4.78 is 1.86. The van der Waals surface area contributed by atoms with Crippen molar-refractivity contribution in [1.29, 1.82) is 0 Å². The first-order chi connectivity index (χ1) is 12.4. The molecule has 5 nitrogen and oxygen atoms in total. The monoisotopic (exact) mass is 347 g/mol. The average Bonchev–Trinajstić information content (AvgIpc) is 3.13. The lowest BCUT2D eigenvalue weighted by molar-refractivity contribution is 0.835. The number of anilines is 1. The van der Waals surface area contributed by atoms with Crippen molar-refractivity contribution < 1.29 is 0 Å². The first-order valence-electron chi connectivity index (χ1n) is 8.44. The van der Waals surface area contributed by atoms with Crippen LogP contribution in [0.25, 0.3) is 27.8 Å². The molecule has 1 fully saturated rings. The Morgan fingerprint density at radius 3 is 2.48 bits per heavy atom. The van der Waals surface area contributed by atoms with Crippen molar-refractivity contribution in [3.63, 3.8) is 0 Å². The molecule has 0 bridgehead atoms. The summed E-state index contributed by atoms with van der Waals surface area (Å²) in [5.41, 5.74) is 3.74. The Balaban J connectivity index is 1.80. The third-order valence-corrected chi connectivity index (χ3v) is 5.53. The van der Waals surface area contributed by atoms with Crippen LogP contribution in [-0.4, -0.2) is 44.4 Å². The minimum atomic E-state index is 0.818. The smallest absolute Gasteiger partial charge is 0.186 e. The molecule has 0 radical (unpaired) electrons. The first kappa shape index (κ1) is 14.7. The molecule has 0 unspecified atom stereocenters. The molecule has 6 heteroatoms. The molecule has 0 atom stereocenters. The van der Waals surface area contributed by atoms with Crippen LogP contribution in [0.15, 0.2) is 54.6 Å². The summed E-state index contributed by atoms with van der Waals surface area (Å²) in [6.07, 6.45) is 0. The fourth-order valence-corrected chi connectivity index (χ4v) is 4.25. The summed E-state index contributed by atoms with van der Waals surface area (Å²) in [5.74, 6) is 3.33. The Morgan fingerprint density at radius 1 is 0.880 bits per heavy atom. The van der Waals surface area contributed by atoms with Crippen LogP contribution in [-0.2, 0) is 0 Å². The van der Waals surface area contributed by atoms with E-state index in [0.29, 0.717) is 0 Å². The number of aromatic nitrogens is 4. The molecule has 0 amide bonds. The van der Waals surface area contributed by atoms with Gasteiger partial charge in [-0.25, -0.2) is 4.98 Å². The van der Waals surface area contributed by atoms with Gasteiger partial charge in [0.05, 0.1) is 5.52 Å². The molecule has 4 aromatic rings. The van der Waals surface area contributed by atoms with Crippen molar-refractivity contribution in [2.24, 2.45) is 0 Å². The molecule has 0 N–H and O–H groups in total. The van der Waals surface area contributed by atoms with E-state index in [1.807, 2.05) is 40.5 Å². The van der Waals surface area contributed by atoms with Gasteiger partial charge in [0.25, 0.3) is 0 Å². The van der Waals surface area contributed by atoms with E-state index in [1.165, 1.54) is 0 Å². The zero-order valence-corrected chi connectivity index (χ0v) is 14.5. The highest BCUT2D eigenvalue weighted by Gasteiger charge is 2.20. The van der Waals surface area contributed by atoms with Crippen LogP contribution < -0.4 is 4.90 Å². The first-order valence-corrected chi connectivity index (χ1v) is 9.59. The molecule has 25 heavy (non-hydrogen) atoms. The Labute approximate surface area is 149 Å². The van der Waals surface area contributed by atoms with E-state index in [2.05, 4.69) is 45.5 Å². The standard InChI is InChI=1S/C19H17N5S/c1-2-6-14(7-3-1)17-19-20-18(23-10-12-25-13-11-23)15-8-4-5-9-16(15)24(19)22-21-17/h1-9H,10-13H2. The van der Waals surface area contributed by atoms with Crippen LogP contribution in [0.3, 0.4) is 0 Å². The fraction of sp³-hybridized carbons (Fsp3) is 0.211. The van der Waals surface area contributed by atoms with Crippen molar-refractivity contribution in [1.82, 2.24) is 19.8 Å². The zero-order valence-electron chi connectivity index (χ0n) is 13.7. The van der Waals surface area contributed by atoms with Gasteiger partial charge < -0.3 is 4.90 Å². The summed E-state index contributed by atoms with van der Waals surface area (Å²) in [6.45, 7) is 2.06. The van der Waals surface area contributed by atoms with Crippen LogP contribution in [0.5, 0.6) is 0 Å². The minimum absolute atomic E-state index is 0.818. The van der Waals surface area contributed by atoms with E-state index >= 15 is 0 Å². The fourth-order valence-electron chi connectivity index (χ4n) is 3.35. The Morgan fingerprint density at radius 2 is 1.64 bits per heavy atom. The second kappa shape index (κ2) is 6.04. The van der Waals surface area contributed by atoms with Gasteiger partial charge in [0.2, 0.25) is 0 Å². The van der Waals surface area contributed by atoms with Crippen LogP contribution in [0.1, 0.15) is 0 Å². The van der Waals surface area contributed by atoms with E-state index in [9.17, 15) is 0 Å². The van der Waals surface area contributed by atoms with Crippen molar-refractivity contribution in [3.05, 3.63) is 54.6 Å². The quantitative estimate of drug-likeness (QED) is 0.555. The van der Waals surface area contributed by atoms with Crippen LogP contribution >= 0.6 is 11.8 Å². The van der Waals surface area contributed by atoms with E-state index in [4.69, 9.17) is 4.98 Å². The van der Waals surface area contributed by atoms with E-state index < -0.39 is 0 Å². The number of fused-ring (bicyclic) bond motifs is 3. The highest BCUT2D eigenvalue weighted by atomic mass is 32.2. The van der Waals surface area contributed by atoms with Gasteiger partial charge in [0.1, 0.15) is 11.5 Å². The highest BCUT2D eigenvalue weighted by Crippen LogP contribution is 2.30. The van der Waals surface area contributed by atoms with Crippen LogP contribution in [0, 0.1) is 0 Å². The number of benzene rings is 2. The molecular weight excluding hydrogens is 330 g/mol. The second-order valence-electron chi connectivity index (χ2n) is 6.09. The van der Waals surface area contributed by atoms with Crippen LogP contribution in [0.2, 0.25) is 0 Å². The molecule has 124 valence electrons. The summed E-state index contributed by atoms with van der Waals surface area (Å²) >= 11 is 2.00. The van der Waals surface area contributed by atoms with Gasteiger partial charge in [-0.1, -0.05) is 47.7 Å². The maximum Gasteiger partial charge on any atom is 0.186 e. The third kappa shape index (κ3) is 2.44. The lowest BCUT2D eigenvalue weighted by Crippen LogP contribution is -2.33. The summed E-state index contributed by atoms with van der Waals surface area (Å²) in [5, 5.41) is 9.95. The van der Waals surface area contributed by atoms with Crippen molar-refractivity contribution in [3.8, 4) is 11.3 Å². The van der Waals surface area contributed by atoms with Crippen molar-refractivity contribution >= 4 is 34.1 Å². The van der Waals surface area contributed by atoms with E-state index in [0.717, 1.165) is 58.2 Å². The molecule has 2 aromatic heterocycles. The lowest BCUT2D eigenvalue weighted by Gasteiger charge is -2.28. The number of hydrogen-bond donors (Lipinski definition) is 0. The average molecular weight is 347 g/mol. The normalized spacial score (nSPS) is 15.1. The number of thioether (sulfide) groups is 1. The Hall–Kier alpha value is -2.60. The molecule has 5 rings (SSSR count). The number of para-hydroxylation sites is 1. The second-order valence-corrected chi connectivity index (χ2v) is 7.32. The third-order valence-electron chi connectivity index (χ3n) is 4.59. The van der Waals surface area contributed by atoms with Gasteiger partial charge in [-0.15, -0.1) is 5.10 Å². The molecule has 0 spiro atoms. The molecule has 1 aliphatic heterocycles. The van der Waals surface area contributed by atoms with Crippen LogP contribution in [0.4, 0.5) is 5.82 Å². The minimum Gasteiger partial charge on any atom is -0.354 e. The van der Waals surface area contributed by atoms with E-state index in [-0.39, 0.29) is 0 Å². The van der Waals surface area contributed by atoms with Gasteiger partial charge in [-0.2, -0.15) is 16.3 Å². The molecule has 3 heterocycles. The van der Waals surface area contributed by atoms with Gasteiger partial charge in [0, 0.05) is 35.5 Å². The maximum atomic E-state index is 5.02. The number of hydrogen-bond acceptors (Lipinski definition) is 5. The molecule has 0 aliphatic carbocycles. The SMILES string of the molecule is c1ccc(-c2nnn3c2nc(N2CCSCC2)c2ccccc23)cc1. The number of nitrogens with zero attached hydrogens (tertiary/aromatic N) is 5. The zero-order chi connectivity index (χ0) is 16.6. The highest BCUT2D eigenvalue weighted by molar-refractivity contribution is 7.99. The largest absolute Gasteiger partial charge is 0.354 e. The predicted molar refractivity (Wildman–Crippen MR) is 103 cm³/mol. The molecule has 2 aromatic carbocycles. The summed E-state index contributed by atoms with van der Waals surface area (Å²) in [4.78, 5) is 7.41. The van der Waals surface area contributed by atoms with Gasteiger partial charge in [-0.3, -0.25) is 0 Å². The molecular formula is C19H17N5S. The van der Waals surface area contributed by atoms with Gasteiger partial charge in [-0.05, 0) is 12.1 Å². The summed E-state index contributed by atoms with van der Waals surface area (Å²) in [6, 6.07) is 18.5. The molecule has 1 aliphatic rings. The topological polar surface area (TPSA) is 46.3 Å². The maximum absolute atomic E-state index is 5.02. The molecule has 1 saturated heterocycles. The van der Waals surface area contributed by atoms with Crippen molar-refractivity contribution in [2.75, 3.05) is 29.5 Å².